The van der Waals surface area contributed by atoms with Gasteiger partial charge in [0.25, 0.3) is 5.91 Å². The molecule has 0 radical (unpaired) electrons. The summed E-state index contributed by atoms with van der Waals surface area (Å²) in [5, 5.41) is 2.91. The molecule has 120 valence electrons. The number of nitrogens with zero attached hydrogens (tertiary/aromatic N) is 2. The van der Waals surface area contributed by atoms with Crippen molar-refractivity contribution in [2.24, 2.45) is 0 Å². The number of nitrogens with one attached hydrogen (secondary N) is 1. The number of pyridine rings is 1. The molecule has 1 aliphatic heterocycles. The molecular weight excluding hydrogens is 290 g/mol. The van der Waals surface area contributed by atoms with E-state index in [1.807, 2.05) is 13.0 Å². The molecule has 0 spiro atoms. The number of hydrogen-bond donors (Lipinski definition) is 1. The smallest absolute Gasteiger partial charge is 0.255 e. The SMILES string of the molecule is CCOc1ccc(C(=O)Nc2cnc3c(c2)CN(C)CC3)cc1. The highest BCUT2D eigenvalue weighted by Crippen LogP contribution is 2.20. The van der Waals surface area contributed by atoms with E-state index in [1.54, 1.807) is 30.5 Å². The van der Waals surface area contributed by atoms with Gasteiger partial charge in [0.1, 0.15) is 5.75 Å². The molecule has 23 heavy (non-hydrogen) atoms. The lowest BCUT2D eigenvalue weighted by Crippen LogP contribution is -2.27. The number of rotatable bonds is 4. The number of amides is 1. The van der Waals surface area contributed by atoms with Crippen molar-refractivity contribution in [2.75, 3.05) is 25.5 Å². The molecule has 2 aromatic rings. The van der Waals surface area contributed by atoms with Crippen LogP contribution in [0.15, 0.2) is 36.5 Å². The minimum atomic E-state index is -0.140. The van der Waals surface area contributed by atoms with E-state index in [0.29, 0.717) is 12.2 Å². The summed E-state index contributed by atoms with van der Waals surface area (Å²) in [6.45, 7) is 4.44. The zero-order valence-electron chi connectivity index (χ0n) is 13.5. The molecule has 0 bridgehead atoms. The van der Waals surface area contributed by atoms with E-state index in [2.05, 4.69) is 22.2 Å². The minimum Gasteiger partial charge on any atom is -0.494 e. The molecule has 1 aromatic heterocycles. The van der Waals surface area contributed by atoms with Gasteiger partial charge in [0, 0.05) is 30.8 Å². The third kappa shape index (κ3) is 3.68. The molecule has 1 aliphatic rings. The van der Waals surface area contributed by atoms with Crippen molar-refractivity contribution in [1.29, 1.82) is 0 Å². The van der Waals surface area contributed by atoms with Crippen molar-refractivity contribution in [3.8, 4) is 5.75 Å². The van der Waals surface area contributed by atoms with Gasteiger partial charge in [0.15, 0.2) is 0 Å². The number of carbonyl (C=O) groups is 1. The molecule has 0 saturated carbocycles. The number of anilines is 1. The van der Waals surface area contributed by atoms with Crippen LogP contribution in [0.4, 0.5) is 5.69 Å². The molecule has 0 unspecified atom stereocenters. The van der Waals surface area contributed by atoms with Crippen LogP contribution < -0.4 is 10.1 Å². The van der Waals surface area contributed by atoms with Gasteiger partial charge in [-0.05, 0) is 49.9 Å². The maximum atomic E-state index is 12.3. The van der Waals surface area contributed by atoms with Gasteiger partial charge in [-0.25, -0.2) is 0 Å². The number of aromatic nitrogens is 1. The van der Waals surface area contributed by atoms with E-state index in [1.165, 1.54) is 5.56 Å². The molecule has 0 aliphatic carbocycles. The van der Waals surface area contributed by atoms with E-state index in [-0.39, 0.29) is 5.91 Å². The summed E-state index contributed by atoms with van der Waals surface area (Å²) < 4.78 is 5.38. The van der Waals surface area contributed by atoms with Crippen molar-refractivity contribution < 1.29 is 9.53 Å². The molecule has 1 amide bonds. The highest BCUT2D eigenvalue weighted by Gasteiger charge is 2.15. The maximum Gasteiger partial charge on any atom is 0.255 e. The van der Waals surface area contributed by atoms with E-state index < -0.39 is 0 Å². The molecule has 3 rings (SSSR count). The molecule has 0 fully saturated rings. The zero-order chi connectivity index (χ0) is 16.2. The fraction of sp³-hybridized carbons (Fsp3) is 0.333. The second-order valence-corrected chi connectivity index (χ2v) is 5.73. The number of fused-ring (bicyclic) bond motifs is 1. The Morgan fingerprint density at radius 2 is 2.13 bits per heavy atom. The maximum absolute atomic E-state index is 12.3. The average Bonchev–Trinajstić information content (AvgIpc) is 2.55. The fourth-order valence-corrected chi connectivity index (χ4v) is 2.71. The third-order valence-corrected chi connectivity index (χ3v) is 3.92. The van der Waals surface area contributed by atoms with Crippen LogP contribution in [0.1, 0.15) is 28.5 Å². The first-order valence-electron chi connectivity index (χ1n) is 7.86. The summed E-state index contributed by atoms with van der Waals surface area (Å²) in [6, 6.07) is 9.15. The van der Waals surface area contributed by atoms with Crippen LogP contribution in [0, 0.1) is 0 Å². The van der Waals surface area contributed by atoms with Crippen molar-refractivity contribution in [3.63, 3.8) is 0 Å². The Hall–Kier alpha value is -2.40. The van der Waals surface area contributed by atoms with Gasteiger partial charge < -0.3 is 15.0 Å². The van der Waals surface area contributed by atoms with Crippen LogP contribution in [-0.2, 0) is 13.0 Å². The zero-order valence-corrected chi connectivity index (χ0v) is 13.5. The number of carbonyl (C=O) groups excluding carboxylic acids is 1. The first-order valence-corrected chi connectivity index (χ1v) is 7.86. The van der Waals surface area contributed by atoms with Gasteiger partial charge in [-0.15, -0.1) is 0 Å². The van der Waals surface area contributed by atoms with E-state index in [0.717, 1.165) is 36.6 Å². The highest BCUT2D eigenvalue weighted by atomic mass is 16.5. The van der Waals surface area contributed by atoms with Gasteiger partial charge in [-0.2, -0.15) is 0 Å². The van der Waals surface area contributed by atoms with Crippen molar-refractivity contribution >= 4 is 11.6 Å². The lowest BCUT2D eigenvalue weighted by atomic mass is 10.1. The van der Waals surface area contributed by atoms with E-state index >= 15 is 0 Å². The Labute approximate surface area is 136 Å². The lowest BCUT2D eigenvalue weighted by molar-refractivity contribution is 0.102. The Balaban J connectivity index is 1.71. The fourth-order valence-electron chi connectivity index (χ4n) is 2.71. The van der Waals surface area contributed by atoms with Crippen molar-refractivity contribution in [2.45, 2.75) is 19.9 Å². The molecule has 5 nitrogen and oxygen atoms in total. The largest absolute Gasteiger partial charge is 0.494 e. The van der Waals surface area contributed by atoms with E-state index in [9.17, 15) is 4.79 Å². The Kier molecular flexibility index (Phi) is 4.57. The number of hydrogen-bond acceptors (Lipinski definition) is 4. The van der Waals surface area contributed by atoms with Crippen LogP contribution >= 0.6 is 0 Å². The quantitative estimate of drug-likeness (QED) is 0.943. The van der Waals surface area contributed by atoms with Crippen LogP contribution in [0.3, 0.4) is 0 Å². The van der Waals surface area contributed by atoms with Crippen LogP contribution in [0.2, 0.25) is 0 Å². The monoisotopic (exact) mass is 311 g/mol. The normalized spacial score (nSPS) is 14.2. The van der Waals surface area contributed by atoms with Gasteiger partial charge in [0.2, 0.25) is 0 Å². The predicted octanol–water partition coefficient (Wildman–Crippen LogP) is 2.72. The Morgan fingerprint density at radius 1 is 1.35 bits per heavy atom. The topological polar surface area (TPSA) is 54.5 Å². The number of ether oxygens (including phenoxy) is 1. The average molecular weight is 311 g/mol. The van der Waals surface area contributed by atoms with Crippen LogP contribution in [0.5, 0.6) is 5.75 Å². The lowest BCUT2D eigenvalue weighted by Gasteiger charge is -2.24. The molecule has 1 aromatic carbocycles. The summed E-state index contributed by atoms with van der Waals surface area (Å²) in [6.07, 6.45) is 2.69. The van der Waals surface area contributed by atoms with Gasteiger partial charge >= 0.3 is 0 Å². The summed E-state index contributed by atoms with van der Waals surface area (Å²) >= 11 is 0. The second kappa shape index (κ2) is 6.79. The summed E-state index contributed by atoms with van der Waals surface area (Å²) in [7, 11) is 2.09. The number of likely N-dealkylation sites (N-methyl/N-ethyl adjacent to an activating group) is 1. The highest BCUT2D eigenvalue weighted by molar-refractivity contribution is 6.04. The van der Waals surface area contributed by atoms with Gasteiger partial charge in [-0.3, -0.25) is 9.78 Å². The van der Waals surface area contributed by atoms with Crippen molar-refractivity contribution in [3.05, 3.63) is 53.3 Å². The van der Waals surface area contributed by atoms with Gasteiger partial charge in [0.05, 0.1) is 18.5 Å². The van der Waals surface area contributed by atoms with E-state index in [4.69, 9.17) is 4.74 Å². The predicted molar refractivity (Wildman–Crippen MR) is 89.8 cm³/mol. The standard InChI is InChI=1S/C18H21N3O2/c1-3-23-16-6-4-13(5-7-16)18(22)20-15-10-14-12-21(2)9-8-17(14)19-11-15/h4-7,10-11H,3,8-9,12H2,1-2H3,(H,20,22). The summed E-state index contributed by atoms with van der Waals surface area (Å²) in [4.78, 5) is 19.1. The first kappa shape index (κ1) is 15.5. The Bertz CT molecular complexity index is 698. The molecular formula is C18H21N3O2. The summed E-state index contributed by atoms with van der Waals surface area (Å²) in [5.74, 6) is 0.626. The third-order valence-electron chi connectivity index (χ3n) is 3.92. The molecule has 5 heteroatoms. The number of benzene rings is 1. The van der Waals surface area contributed by atoms with Crippen LogP contribution in [0.25, 0.3) is 0 Å². The minimum absolute atomic E-state index is 0.140. The molecule has 0 saturated heterocycles. The second-order valence-electron chi connectivity index (χ2n) is 5.73. The summed E-state index contributed by atoms with van der Waals surface area (Å²) in [5.41, 5.74) is 3.65. The van der Waals surface area contributed by atoms with Crippen LogP contribution in [-0.4, -0.2) is 36.0 Å². The van der Waals surface area contributed by atoms with Gasteiger partial charge in [-0.1, -0.05) is 0 Å². The molecule has 2 heterocycles. The first-order chi connectivity index (χ1) is 11.2. The molecule has 1 N–H and O–H groups in total. The molecule has 0 atom stereocenters. The van der Waals surface area contributed by atoms with Crippen molar-refractivity contribution in [1.82, 2.24) is 9.88 Å². The Morgan fingerprint density at radius 3 is 2.87 bits per heavy atom.